The highest BCUT2D eigenvalue weighted by Crippen LogP contribution is 2.36. The van der Waals surface area contributed by atoms with E-state index in [1.165, 1.54) is 45.6 Å². The van der Waals surface area contributed by atoms with E-state index < -0.39 is 17.8 Å². The summed E-state index contributed by atoms with van der Waals surface area (Å²) in [5.74, 6) is -0.782. The van der Waals surface area contributed by atoms with Crippen molar-refractivity contribution < 1.29 is 41.4 Å². The molecule has 0 fully saturated rings. The molecule has 0 amide bonds. The predicted octanol–water partition coefficient (Wildman–Crippen LogP) is 4.11. The Hall–Kier alpha value is -4.09. The zero-order chi connectivity index (χ0) is 23.3. The van der Waals surface area contributed by atoms with Crippen molar-refractivity contribution in [1.82, 2.24) is 15.1 Å². The van der Waals surface area contributed by atoms with Crippen LogP contribution in [0.3, 0.4) is 0 Å². The zero-order valence-corrected chi connectivity index (χ0v) is 17.0. The molecule has 0 aliphatic rings. The molecule has 0 atom stereocenters. The third-order valence-corrected chi connectivity index (χ3v) is 4.02. The average molecular weight is 451 g/mol. The van der Waals surface area contributed by atoms with Crippen LogP contribution in [0.25, 0.3) is 16.9 Å². The molecule has 3 rings (SSSR count). The molecule has 0 aliphatic carbocycles. The Morgan fingerprint density at radius 2 is 1.84 bits per heavy atom. The fourth-order valence-electron chi connectivity index (χ4n) is 2.62. The Morgan fingerprint density at radius 3 is 2.47 bits per heavy atom. The number of hydrogen-bond acceptors (Lipinski definition) is 9. The summed E-state index contributed by atoms with van der Waals surface area (Å²) in [7, 11) is 3.84. The number of esters is 1. The molecule has 2 aromatic heterocycles. The fraction of sp³-hybridized carbons (Fsp3) is 0.200. The van der Waals surface area contributed by atoms with E-state index in [1.807, 2.05) is 0 Å². The molecule has 0 saturated heterocycles. The van der Waals surface area contributed by atoms with E-state index in [2.05, 4.69) is 15.1 Å². The number of rotatable bonds is 7. The first-order valence-electron chi connectivity index (χ1n) is 8.81. The number of hydrogen-bond donors (Lipinski definition) is 0. The molecule has 0 spiro atoms. The van der Waals surface area contributed by atoms with Gasteiger partial charge in [-0.05, 0) is 12.1 Å². The summed E-state index contributed by atoms with van der Waals surface area (Å²) in [6, 6.07) is 6.76. The van der Waals surface area contributed by atoms with Gasteiger partial charge in [0.1, 0.15) is 23.2 Å². The molecule has 0 N–H and O–H groups in total. The normalized spacial score (nSPS) is 11.8. The molecule has 0 saturated carbocycles. The Kier molecular flexibility index (Phi) is 6.61. The third kappa shape index (κ3) is 4.79. The molecule has 3 aromatic rings. The summed E-state index contributed by atoms with van der Waals surface area (Å²) >= 11 is 0. The van der Waals surface area contributed by atoms with Crippen molar-refractivity contribution in [3.05, 3.63) is 54.2 Å². The topological polar surface area (TPSA) is 106 Å². The van der Waals surface area contributed by atoms with Gasteiger partial charge in [-0.25, -0.2) is 14.8 Å². The van der Waals surface area contributed by atoms with Crippen molar-refractivity contribution in [2.75, 3.05) is 21.3 Å². The van der Waals surface area contributed by atoms with E-state index in [4.69, 9.17) is 23.5 Å². The van der Waals surface area contributed by atoms with Crippen LogP contribution < -0.4 is 9.47 Å². The Morgan fingerprint density at radius 1 is 1.09 bits per heavy atom. The smallest absolute Gasteiger partial charge is 0.436 e. The average Bonchev–Trinajstić information content (AvgIpc) is 3.28. The highest BCUT2D eigenvalue weighted by Gasteiger charge is 2.35. The monoisotopic (exact) mass is 451 g/mol. The molecule has 0 unspecified atom stereocenters. The maximum atomic E-state index is 12.8. The van der Waals surface area contributed by atoms with Crippen molar-refractivity contribution in [2.24, 2.45) is 0 Å². The van der Waals surface area contributed by atoms with Crippen LogP contribution in [-0.2, 0) is 20.4 Å². The van der Waals surface area contributed by atoms with Crippen molar-refractivity contribution >= 4 is 11.5 Å². The first kappa shape index (κ1) is 22.6. The maximum Gasteiger partial charge on any atom is 0.436 e. The molecule has 1 aromatic carbocycles. The highest BCUT2D eigenvalue weighted by atomic mass is 19.4. The van der Waals surface area contributed by atoms with Crippen LogP contribution in [0, 0.1) is 0 Å². The van der Waals surface area contributed by atoms with Crippen molar-refractivity contribution in [3.63, 3.8) is 0 Å². The molecule has 0 radical (unpaired) electrons. The van der Waals surface area contributed by atoms with Gasteiger partial charge in [-0.2, -0.15) is 13.2 Å². The van der Waals surface area contributed by atoms with Crippen LogP contribution in [0.5, 0.6) is 17.5 Å². The largest absolute Gasteiger partial charge is 0.503 e. The second-order valence-corrected chi connectivity index (χ2v) is 6.03. The van der Waals surface area contributed by atoms with Crippen molar-refractivity contribution in [1.29, 1.82) is 0 Å². The SMILES string of the molecule is COC=C(C(=O)OC)c1c(OC)ncnc1Oc1cccc(-c2cc(C(F)(F)F)no2)c1. The summed E-state index contributed by atoms with van der Waals surface area (Å²) in [6.07, 6.45) is -2.38. The lowest BCUT2D eigenvalue weighted by molar-refractivity contribution is -0.142. The van der Waals surface area contributed by atoms with Gasteiger partial charge in [0.05, 0.1) is 27.6 Å². The molecular formula is C20H16F3N3O6. The Labute approximate surface area is 179 Å². The van der Waals surface area contributed by atoms with Crippen molar-refractivity contribution in [2.45, 2.75) is 6.18 Å². The van der Waals surface area contributed by atoms with E-state index >= 15 is 0 Å². The minimum absolute atomic E-state index is 0.00454. The highest BCUT2D eigenvalue weighted by molar-refractivity contribution is 6.17. The lowest BCUT2D eigenvalue weighted by atomic mass is 10.1. The summed E-state index contributed by atoms with van der Waals surface area (Å²) in [5.41, 5.74) is -0.917. The van der Waals surface area contributed by atoms with Gasteiger partial charge in [-0.3, -0.25) is 0 Å². The number of nitrogens with zero attached hydrogens (tertiary/aromatic N) is 3. The number of halogens is 3. The first-order valence-corrected chi connectivity index (χ1v) is 8.81. The lowest BCUT2D eigenvalue weighted by Crippen LogP contribution is -2.09. The van der Waals surface area contributed by atoms with E-state index in [0.29, 0.717) is 0 Å². The van der Waals surface area contributed by atoms with Crippen molar-refractivity contribution in [3.8, 4) is 28.8 Å². The number of benzene rings is 1. The van der Waals surface area contributed by atoms with E-state index in [0.717, 1.165) is 18.7 Å². The van der Waals surface area contributed by atoms with Gasteiger partial charge in [0, 0.05) is 11.6 Å². The molecule has 168 valence electrons. The molecule has 0 aliphatic heterocycles. The summed E-state index contributed by atoms with van der Waals surface area (Å²) in [4.78, 5) is 20.3. The predicted molar refractivity (Wildman–Crippen MR) is 103 cm³/mol. The Bertz CT molecular complexity index is 1140. The number of methoxy groups -OCH3 is 3. The fourth-order valence-corrected chi connectivity index (χ4v) is 2.62. The van der Waals surface area contributed by atoms with Crippen LogP contribution in [0.4, 0.5) is 13.2 Å². The van der Waals surface area contributed by atoms with E-state index in [-0.39, 0.29) is 40.0 Å². The molecule has 12 heteroatoms. The van der Waals surface area contributed by atoms with Crippen LogP contribution >= 0.6 is 0 Å². The molecule has 0 bridgehead atoms. The van der Waals surface area contributed by atoms with Gasteiger partial charge in [-0.1, -0.05) is 17.3 Å². The van der Waals surface area contributed by atoms with Crippen LogP contribution in [-0.4, -0.2) is 42.4 Å². The standard InChI is InChI=1S/C20H16F3N3O6/c1-28-9-13(19(27)30-3)16-17(29-2)24-10-25-18(16)31-12-6-4-5-11(7-12)14-8-15(26-32-14)20(21,22)23/h4-10H,1-3H3. The van der Waals surface area contributed by atoms with Gasteiger partial charge >= 0.3 is 12.1 Å². The Balaban J connectivity index is 2.01. The number of aromatic nitrogens is 3. The third-order valence-electron chi connectivity index (χ3n) is 4.02. The molecule has 32 heavy (non-hydrogen) atoms. The van der Waals surface area contributed by atoms with Crippen LogP contribution in [0.2, 0.25) is 0 Å². The molecule has 2 heterocycles. The minimum Gasteiger partial charge on any atom is -0.503 e. The van der Waals surface area contributed by atoms with Crippen LogP contribution in [0.1, 0.15) is 11.3 Å². The van der Waals surface area contributed by atoms with Gasteiger partial charge in [-0.15, -0.1) is 0 Å². The quantitative estimate of drug-likeness (QED) is 0.298. The summed E-state index contributed by atoms with van der Waals surface area (Å²) < 4.78 is 63.9. The minimum atomic E-state index is -4.64. The van der Waals surface area contributed by atoms with Gasteiger partial charge in [0.15, 0.2) is 11.5 Å². The zero-order valence-electron chi connectivity index (χ0n) is 17.0. The van der Waals surface area contributed by atoms with E-state index in [1.54, 1.807) is 0 Å². The van der Waals surface area contributed by atoms with E-state index in [9.17, 15) is 18.0 Å². The lowest BCUT2D eigenvalue weighted by Gasteiger charge is -2.14. The summed E-state index contributed by atoms with van der Waals surface area (Å²) in [6.45, 7) is 0. The molecular weight excluding hydrogens is 435 g/mol. The van der Waals surface area contributed by atoms with Gasteiger partial charge in [0.25, 0.3) is 0 Å². The number of carbonyl (C=O) groups is 1. The van der Waals surface area contributed by atoms with Crippen LogP contribution in [0.15, 0.2) is 47.4 Å². The second kappa shape index (κ2) is 9.37. The molecule has 9 nitrogen and oxygen atoms in total. The van der Waals surface area contributed by atoms with Gasteiger partial charge < -0.3 is 23.5 Å². The summed E-state index contributed by atoms with van der Waals surface area (Å²) in [5, 5.41) is 3.04. The number of alkyl halides is 3. The maximum absolute atomic E-state index is 12.8. The number of carbonyl (C=O) groups excluding carboxylic acids is 1. The van der Waals surface area contributed by atoms with Gasteiger partial charge in [0.2, 0.25) is 11.8 Å². The first-order chi connectivity index (χ1) is 15.3. The second-order valence-electron chi connectivity index (χ2n) is 6.03. The number of ether oxygens (including phenoxy) is 4.